The molecule has 1 heterocycles. The van der Waals surface area contributed by atoms with Crippen LogP contribution < -0.4 is 5.32 Å². The van der Waals surface area contributed by atoms with Gasteiger partial charge in [-0.1, -0.05) is 24.4 Å². The second-order valence-electron chi connectivity index (χ2n) is 4.04. The van der Waals surface area contributed by atoms with Gasteiger partial charge in [0.1, 0.15) is 5.82 Å². The highest BCUT2D eigenvalue weighted by Gasteiger charge is 2.23. The Morgan fingerprint density at radius 1 is 1.38 bits per heavy atom. The first-order chi connectivity index (χ1) is 7.66. The molecule has 0 aliphatic heterocycles. The van der Waals surface area contributed by atoms with Crippen LogP contribution in [0.4, 0.5) is 5.82 Å². The van der Waals surface area contributed by atoms with E-state index in [0.717, 1.165) is 23.1 Å². The first-order valence-electron chi connectivity index (χ1n) is 5.38. The summed E-state index contributed by atoms with van der Waals surface area (Å²) in [6.45, 7) is 0. The van der Waals surface area contributed by atoms with Gasteiger partial charge in [0.05, 0.1) is 14.9 Å². The van der Waals surface area contributed by atoms with E-state index in [9.17, 15) is 0 Å². The Bertz CT molecular complexity index is 373. The number of alkyl halides is 1. The fourth-order valence-corrected chi connectivity index (χ4v) is 3.04. The van der Waals surface area contributed by atoms with Crippen LogP contribution in [-0.4, -0.2) is 16.4 Å². The molecule has 2 unspecified atom stereocenters. The SMILES string of the molecule is Clc1cnc(NC2CCCCC2Cl)c(Br)c1. The van der Waals surface area contributed by atoms with Gasteiger partial charge in [-0.05, 0) is 34.8 Å². The van der Waals surface area contributed by atoms with E-state index in [1.54, 1.807) is 6.20 Å². The molecule has 2 rings (SSSR count). The van der Waals surface area contributed by atoms with Crippen molar-refractivity contribution in [1.29, 1.82) is 0 Å². The summed E-state index contributed by atoms with van der Waals surface area (Å²) in [6.07, 6.45) is 6.27. The Morgan fingerprint density at radius 3 is 2.81 bits per heavy atom. The number of hydrogen-bond acceptors (Lipinski definition) is 2. The van der Waals surface area contributed by atoms with E-state index in [2.05, 4.69) is 26.2 Å². The van der Waals surface area contributed by atoms with Crippen LogP contribution in [0.25, 0.3) is 0 Å². The number of pyridine rings is 1. The van der Waals surface area contributed by atoms with Crippen LogP contribution >= 0.6 is 39.1 Å². The van der Waals surface area contributed by atoms with Crippen LogP contribution in [-0.2, 0) is 0 Å². The zero-order valence-electron chi connectivity index (χ0n) is 8.72. The molecule has 2 atom stereocenters. The Kier molecular flexibility index (Phi) is 4.34. The van der Waals surface area contributed by atoms with Crippen LogP contribution in [0.1, 0.15) is 25.7 Å². The Morgan fingerprint density at radius 2 is 2.12 bits per heavy atom. The van der Waals surface area contributed by atoms with Crippen molar-refractivity contribution in [2.75, 3.05) is 5.32 Å². The average molecular weight is 324 g/mol. The summed E-state index contributed by atoms with van der Waals surface area (Å²) in [4.78, 5) is 4.26. The van der Waals surface area contributed by atoms with Gasteiger partial charge < -0.3 is 5.32 Å². The van der Waals surface area contributed by atoms with Gasteiger partial charge in [0.15, 0.2) is 0 Å². The van der Waals surface area contributed by atoms with E-state index in [1.165, 1.54) is 12.8 Å². The maximum absolute atomic E-state index is 6.28. The zero-order valence-corrected chi connectivity index (χ0v) is 11.8. The molecule has 1 fully saturated rings. The zero-order chi connectivity index (χ0) is 11.5. The molecule has 0 aromatic carbocycles. The summed E-state index contributed by atoms with van der Waals surface area (Å²) in [6, 6.07) is 2.14. The number of halogens is 3. The molecule has 0 saturated heterocycles. The van der Waals surface area contributed by atoms with Crippen molar-refractivity contribution in [1.82, 2.24) is 4.98 Å². The van der Waals surface area contributed by atoms with Gasteiger partial charge in [0, 0.05) is 12.2 Å². The second kappa shape index (κ2) is 5.56. The molecule has 16 heavy (non-hydrogen) atoms. The van der Waals surface area contributed by atoms with E-state index in [1.807, 2.05) is 6.07 Å². The first-order valence-corrected chi connectivity index (χ1v) is 6.99. The third-order valence-electron chi connectivity index (χ3n) is 2.81. The van der Waals surface area contributed by atoms with Crippen LogP contribution in [0.5, 0.6) is 0 Å². The number of nitrogens with one attached hydrogen (secondary N) is 1. The second-order valence-corrected chi connectivity index (χ2v) is 5.89. The number of rotatable bonds is 2. The molecule has 5 heteroatoms. The lowest BCUT2D eigenvalue weighted by Gasteiger charge is -2.28. The molecule has 1 aliphatic carbocycles. The predicted octanol–water partition coefficient (Wildman–Crippen LogP) is 4.46. The fraction of sp³-hybridized carbons (Fsp3) is 0.545. The molecule has 0 amide bonds. The molecule has 0 radical (unpaired) electrons. The van der Waals surface area contributed by atoms with Crippen molar-refractivity contribution in [2.24, 2.45) is 0 Å². The molecule has 1 N–H and O–H groups in total. The summed E-state index contributed by atoms with van der Waals surface area (Å²) in [5, 5.41) is 4.20. The lowest BCUT2D eigenvalue weighted by Crippen LogP contribution is -2.33. The molecule has 1 aromatic rings. The molecule has 2 nitrogen and oxygen atoms in total. The standard InChI is InChI=1S/C11H13BrCl2N2/c12-8-5-7(13)6-15-11(8)16-10-4-2-1-3-9(10)14/h5-6,9-10H,1-4H2,(H,15,16). The summed E-state index contributed by atoms with van der Waals surface area (Å²) < 4.78 is 0.884. The molecule has 1 aliphatic rings. The molecule has 0 spiro atoms. The monoisotopic (exact) mass is 322 g/mol. The Labute approximate surface area is 114 Å². The van der Waals surface area contributed by atoms with Crippen molar-refractivity contribution in [3.63, 3.8) is 0 Å². The minimum atomic E-state index is 0.193. The molecular weight excluding hydrogens is 311 g/mol. The predicted molar refractivity (Wildman–Crippen MR) is 72.5 cm³/mol. The number of aromatic nitrogens is 1. The van der Waals surface area contributed by atoms with Crippen molar-refractivity contribution >= 4 is 44.9 Å². The third-order valence-corrected chi connectivity index (χ3v) is 4.15. The van der Waals surface area contributed by atoms with Gasteiger partial charge >= 0.3 is 0 Å². The van der Waals surface area contributed by atoms with Crippen LogP contribution in [0.15, 0.2) is 16.7 Å². The Balaban J connectivity index is 2.07. The van der Waals surface area contributed by atoms with E-state index < -0.39 is 0 Å². The summed E-state index contributed by atoms with van der Waals surface area (Å²) in [7, 11) is 0. The molecule has 88 valence electrons. The molecule has 0 bridgehead atoms. The van der Waals surface area contributed by atoms with Crippen molar-refractivity contribution in [3.8, 4) is 0 Å². The molecule has 1 saturated carbocycles. The van der Waals surface area contributed by atoms with Crippen LogP contribution in [0.2, 0.25) is 5.02 Å². The normalized spacial score (nSPS) is 25.4. The highest BCUT2D eigenvalue weighted by Crippen LogP contribution is 2.29. The van der Waals surface area contributed by atoms with Gasteiger partial charge in [0.25, 0.3) is 0 Å². The van der Waals surface area contributed by atoms with Crippen molar-refractivity contribution < 1.29 is 0 Å². The minimum Gasteiger partial charge on any atom is -0.365 e. The fourth-order valence-electron chi connectivity index (χ4n) is 1.94. The van der Waals surface area contributed by atoms with Crippen LogP contribution in [0.3, 0.4) is 0 Å². The molecular formula is C11H13BrCl2N2. The number of anilines is 1. The van der Waals surface area contributed by atoms with Gasteiger partial charge in [-0.3, -0.25) is 0 Å². The average Bonchev–Trinajstić information content (AvgIpc) is 2.25. The van der Waals surface area contributed by atoms with Gasteiger partial charge in [-0.2, -0.15) is 0 Å². The summed E-state index contributed by atoms with van der Waals surface area (Å²) in [5.74, 6) is 0.821. The smallest absolute Gasteiger partial charge is 0.140 e. The first kappa shape index (κ1) is 12.5. The van der Waals surface area contributed by atoms with E-state index >= 15 is 0 Å². The largest absolute Gasteiger partial charge is 0.365 e. The van der Waals surface area contributed by atoms with Gasteiger partial charge in [-0.15, -0.1) is 11.6 Å². The van der Waals surface area contributed by atoms with E-state index in [0.29, 0.717) is 11.1 Å². The lowest BCUT2D eigenvalue weighted by molar-refractivity contribution is 0.468. The summed E-state index contributed by atoms with van der Waals surface area (Å²) in [5.41, 5.74) is 0. The third kappa shape index (κ3) is 3.02. The van der Waals surface area contributed by atoms with Crippen LogP contribution in [0, 0.1) is 0 Å². The van der Waals surface area contributed by atoms with E-state index in [4.69, 9.17) is 23.2 Å². The minimum absolute atomic E-state index is 0.193. The summed E-state index contributed by atoms with van der Waals surface area (Å²) >= 11 is 15.6. The Hall–Kier alpha value is 0.01000. The highest BCUT2D eigenvalue weighted by molar-refractivity contribution is 9.10. The van der Waals surface area contributed by atoms with Crippen molar-refractivity contribution in [3.05, 3.63) is 21.8 Å². The van der Waals surface area contributed by atoms with Crippen molar-refractivity contribution in [2.45, 2.75) is 37.1 Å². The highest BCUT2D eigenvalue weighted by atomic mass is 79.9. The molecule has 1 aromatic heterocycles. The lowest BCUT2D eigenvalue weighted by atomic mass is 9.95. The quantitative estimate of drug-likeness (QED) is 0.813. The number of nitrogens with zero attached hydrogens (tertiary/aromatic N) is 1. The maximum atomic E-state index is 6.28. The maximum Gasteiger partial charge on any atom is 0.140 e. The van der Waals surface area contributed by atoms with E-state index in [-0.39, 0.29) is 5.38 Å². The number of hydrogen-bond donors (Lipinski definition) is 1. The van der Waals surface area contributed by atoms with Gasteiger partial charge in [0.2, 0.25) is 0 Å². The van der Waals surface area contributed by atoms with Gasteiger partial charge in [-0.25, -0.2) is 4.98 Å². The topological polar surface area (TPSA) is 24.9 Å².